The van der Waals surface area contributed by atoms with Crippen molar-refractivity contribution in [2.24, 2.45) is 0 Å². The Bertz CT molecular complexity index is 170. The van der Waals surface area contributed by atoms with Crippen molar-refractivity contribution >= 4 is 0 Å². The number of fused-ring (bicyclic) bond motifs is 1. The van der Waals surface area contributed by atoms with E-state index in [1.807, 2.05) is 0 Å². The minimum Gasteiger partial charge on any atom is -0.291 e. The van der Waals surface area contributed by atoms with E-state index in [9.17, 15) is 0 Å². The maximum Gasteiger partial charge on any atom is 0.0619 e. The molecule has 2 rings (SSSR count). The first kappa shape index (κ1) is 10.4. The normalized spacial score (nSPS) is 32.8. The largest absolute Gasteiger partial charge is 0.291 e. The van der Waals surface area contributed by atoms with Crippen LogP contribution in [0.2, 0.25) is 0 Å². The first-order valence-corrected chi connectivity index (χ1v) is 6.32. The lowest BCUT2D eigenvalue weighted by Crippen LogP contribution is -2.46. The molecule has 2 aliphatic rings. The molecular weight excluding hydrogens is 172 g/mol. The highest BCUT2D eigenvalue weighted by Crippen LogP contribution is 2.21. The van der Waals surface area contributed by atoms with Gasteiger partial charge in [-0.1, -0.05) is 19.3 Å². The highest BCUT2D eigenvalue weighted by Gasteiger charge is 2.25. The van der Waals surface area contributed by atoms with Crippen molar-refractivity contribution in [3.8, 4) is 0 Å². The summed E-state index contributed by atoms with van der Waals surface area (Å²) in [6, 6.07) is 0. The van der Waals surface area contributed by atoms with Crippen molar-refractivity contribution in [2.75, 3.05) is 26.7 Å². The summed E-state index contributed by atoms with van der Waals surface area (Å²) in [6.07, 6.45) is 10.7. The molecule has 0 saturated carbocycles. The van der Waals surface area contributed by atoms with Crippen molar-refractivity contribution < 1.29 is 0 Å². The molecule has 82 valence electrons. The Hall–Kier alpha value is -0.0800. The molecule has 0 radical (unpaired) electrons. The van der Waals surface area contributed by atoms with Gasteiger partial charge in [0.25, 0.3) is 0 Å². The van der Waals surface area contributed by atoms with Crippen molar-refractivity contribution in [3.63, 3.8) is 0 Å². The third-order valence-corrected chi connectivity index (χ3v) is 3.79. The zero-order valence-corrected chi connectivity index (χ0v) is 9.54. The predicted octanol–water partition coefficient (Wildman–Crippen LogP) is 2.30. The van der Waals surface area contributed by atoms with Crippen LogP contribution in [0.3, 0.4) is 0 Å². The fraction of sp³-hybridized carbons (Fsp3) is 1.00. The second kappa shape index (κ2) is 5.13. The van der Waals surface area contributed by atoms with Crippen LogP contribution in [0.5, 0.6) is 0 Å². The standard InChI is InChI=1S/C12H24N2/c1-13-9-6-7-11-14-10-5-3-2-4-8-12(13)14/h12H,2-11H2,1H3. The number of hydrogen-bond donors (Lipinski definition) is 0. The van der Waals surface area contributed by atoms with E-state index in [2.05, 4.69) is 16.8 Å². The summed E-state index contributed by atoms with van der Waals surface area (Å²) in [4.78, 5) is 5.31. The molecule has 1 atom stereocenters. The summed E-state index contributed by atoms with van der Waals surface area (Å²) in [5.74, 6) is 0. The fourth-order valence-corrected chi connectivity index (χ4v) is 2.91. The van der Waals surface area contributed by atoms with Gasteiger partial charge in [0, 0.05) is 0 Å². The van der Waals surface area contributed by atoms with E-state index in [1.165, 1.54) is 64.6 Å². The third-order valence-electron chi connectivity index (χ3n) is 3.79. The van der Waals surface area contributed by atoms with Crippen molar-refractivity contribution in [2.45, 2.75) is 51.1 Å². The Morgan fingerprint density at radius 2 is 1.43 bits per heavy atom. The lowest BCUT2D eigenvalue weighted by atomic mass is 10.1. The lowest BCUT2D eigenvalue weighted by Gasteiger charge is -2.37. The summed E-state index contributed by atoms with van der Waals surface area (Å²) in [6.45, 7) is 3.99. The number of nitrogens with zero attached hydrogens (tertiary/aromatic N) is 2. The molecule has 0 aromatic rings. The minimum absolute atomic E-state index is 0.762. The van der Waals surface area contributed by atoms with Crippen LogP contribution in [0.25, 0.3) is 0 Å². The van der Waals surface area contributed by atoms with E-state index in [0.29, 0.717) is 0 Å². The SMILES string of the molecule is CN1CCCCN2CCCCCCC12. The second-order valence-corrected chi connectivity index (χ2v) is 4.91. The quantitative estimate of drug-likeness (QED) is 0.586. The van der Waals surface area contributed by atoms with Crippen molar-refractivity contribution in [3.05, 3.63) is 0 Å². The summed E-state index contributed by atoms with van der Waals surface area (Å²) >= 11 is 0. The van der Waals surface area contributed by atoms with E-state index in [4.69, 9.17) is 0 Å². The van der Waals surface area contributed by atoms with Crippen LogP contribution in [-0.4, -0.2) is 42.6 Å². The molecule has 0 N–H and O–H groups in total. The van der Waals surface area contributed by atoms with Gasteiger partial charge in [-0.05, 0) is 52.4 Å². The van der Waals surface area contributed by atoms with E-state index >= 15 is 0 Å². The molecular formula is C12H24N2. The van der Waals surface area contributed by atoms with Gasteiger partial charge in [-0.3, -0.25) is 9.80 Å². The van der Waals surface area contributed by atoms with Crippen LogP contribution in [0, 0.1) is 0 Å². The molecule has 14 heavy (non-hydrogen) atoms. The maximum absolute atomic E-state index is 2.73. The lowest BCUT2D eigenvalue weighted by molar-refractivity contribution is 0.0624. The molecule has 0 amide bonds. The summed E-state index contributed by atoms with van der Waals surface area (Å²) in [7, 11) is 2.31. The van der Waals surface area contributed by atoms with Gasteiger partial charge in [0.1, 0.15) is 0 Å². The van der Waals surface area contributed by atoms with E-state index in [1.54, 1.807) is 0 Å². The second-order valence-electron chi connectivity index (χ2n) is 4.91. The average Bonchev–Trinajstić information content (AvgIpc) is 2.28. The molecule has 0 aromatic heterocycles. The van der Waals surface area contributed by atoms with Crippen LogP contribution < -0.4 is 0 Å². The van der Waals surface area contributed by atoms with E-state index in [0.717, 1.165) is 6.17 Å². The molecule has 0 aromatic carbocycles. The first-order chi connectivity index (χ1) is 6.88. The van der Waals surface area contributed by atoms with Gasteiger partial charge in [-0.25, -0.2) is 0 Å². The zero-order valence-electron chi connectivity index (χ0n) is 9.54. The first-order valence-electron chi connectivity index (χ1n) is 6.32. The predicted molar refractivity (Wildman–Crippen MR) is 60.3 cm³/mol. The molecule has 0 spiro atoms. The summed E-state index contributed by atoms with van der Waals surface area (Å²) < 4.78 is 0. The topological polar surface area (TPSA) is 6.48 Å². The Morgan fingerprint density at radius 3 is 2.29 bits per heavy atom. The summed E-state index contributed by atoms with van der Waals surface area (Å²) in [5, 5.41) is 0. The van der Waals surface area contributed by atoms with Gasteiger partial charge in [0.2, 0.25) is 0 Å². The van der Waals surface area contributed by atoms with Gasteiger partial charge >= 0.3 is 0 Å². The van der Waals surface area contributed by atoms with Crippen molar-refractivity contribution in [1.29, 1.82) is 0 Å². The molecule has 2 nitrogen and oxygen atoms in total. The van der Waals surface area contributed by atoms with E-state index in [-0.39, 0.29) is 0 Å². The number of rotatable bonds is 0. The Kier molecular flexibility index (Phi) is 3.82. The van der Waals surface area contributed by atoms with E-state index < -0.39 is 0 Å². The molecule has 0 bridgehead atoms. The Balaban J connectivity index is 1.99. The molecule has 0 aliphatic carbocycles. The molecule has 2 heteroatoms. The van der Waals surface area contributed by atoms with Crippen LogP contribution >= 0.6 is 0 Å². The molecule has 2 heterocycles. The smallest absolute Gasteiger partial charge is 0.0619 e. The van der Waals surface area contributed by atoms with Gasteiger partial charge in [-0.15, -0.1) is 0 Å². The zero-order chi connectivity index (χ0) is 9.80. The molecule has 2 saturated heterocycles. The fourth-order valence-electron chi connectivity index (χ4n) is 2.91. The van der Waals surface area contributed by atoms with Crippen LogP contribution in [0.15, 0.2) is 0 Å². The van der Waals surface area contributed by atoms with Crippen LogP contribution in [0.4, 0.5) is 0 Å². The maximum atomic E-state index is 2.73. The van der Waals surface area contributed by atoms with Gasteiger partial charge in [0.05, 0.1) is 6.17 Å². The molecule has 2 aliphatic heterocycles. The van der Waals surface area contributed by atoms with Gasteiger partial charge in [-0.2, -0.15) is 0 Å². The third kappa shape index (κ3) is 2.48. The van der Waals surface area contributed by atoms with Crippen LogP contribution in [-0.2, 0) is 0 Å². The minimum atomic E-state index is 0.762. The monoisotopic (exact) mass is 196 g/mol. The van der Waals surface area contributed by atoms with Gasteiger partial charge < -0.3 is 0 Å². The summed E-state index contributed by atoms with van der Waals surface area (Å²) in [5.41, 5.74) is 0. The number of hydrogen-bond acceptors (Lipinski definition) is 2. The Morgan fingerprint density at radius 1 is 0.786 bits per heavy atom. The Labute approximate surface area is 88.3 Å². The molecule has 2 fully saturated rings. The highest BCUT2D eigenvalue weighted by molar-refractivity contribution is 4.76. The molecule has 1 unspecified atom stereocenters. The highest BCUT2D eigenvalue weighted by atomic mass is 15.3. The van der Waals surface area contributed by atoms with Crippen molar-refractivity contribution in [1.82, 2.24) is 9.80 Å². The average molecular weight is 196 g/mol. The van der Waals surface area contributed by atoms with Crippen LogP contribution in [0.1, 0.15) is 44.9 Å². The van der Waals surface area contributed by atoms with Gasteiger partial charge in [0.15, 0.2) is 0 Å².